The van der Waals surface area contributed by atoms with E-state index >= 15 is 0 Å². The van der Waals surface area contributed by atoms with Gasteiger partial charge in [0.05, 0.1) is 5.54 Å². The Morgan fingerprint density at radius 2 is 2.24 bits per heavy atom. The van der Waals surface area contributed by atoms with Crippen molar-refractivity contribution in [2.75, 3.05) is 14.1 Å². The van der Waals surface area contributed by atoms with Crippen molar-refractivity contribution in [3.8, 4) is 12.3 Å². The molecule has 0 radical (unpaired) electrons. The number of likely N-dealkylation sites (N-methyl/N-ethyl adjacent to an activating group) is 1. The van der Waals surface area contributed by atoms with Crippen LogP contribution in [0.25, 0.3) is 0 Å². The quantitative estimate of drug-likeness (QED) is 0.539. The first kappa shape index (κ1) is 14.3. The Bertz CT molecular complexity index is 303. The number of Topliss-reactive ketones (excluding diaryl/α,β-unsaturated/α-hetero) is 1. The molecule has 0 amide bonds. The predicted molar refractivity (Wildman–Crippen MR) is 71.7 cm³/mol. The molecule has 0 aliphatic heterocycles. The van der Waals surface area contributed by atoms with Crippen molar-refractivity contribution in [2.24, 2.45) is 5.92 Å². The lowest BCUT2D eigenvalue weighted by atomic mass is 9.72. The molecule has 1 aliphatic rings. The number of unbranched alkanes of at least 4 members (excludes halogenated alkanes) is 1. The largest absolute Gasteiger partial charge is 0.298 e. The molecule has 2 nitrogen and oxygen atoms in total. The summed E-state index contributed by atoms with van der Waals surface area (Å²) in [5.41, 5.74) is -0.216. The fourth-order valence-electron chi connectivity index (χ4n) is 3.02. The van der Waals surface area contributed by atoms with E-state index < -0.39 is 0 Å². The van der Waals surface area contributed by atoms with Crippen LogP contribution in [0.2, 0.25) is 0 Å². The van der Waals surface area contributed by atoms with E-state index in [1.807, 2.05) is 14.1 Å². The van der Waals surface area contributed by atoms with Gasteiger partial charge >= 0.3 is 0 Å². The van der Waals surface area contributed by atoms with Gasteiger partial charge in [0.1, 0.15) is 0 Å². The van der Waals surface area contributed by atoms with Crippen molar-refractivity contribution >= 4 is 5.78 Å². The summed E-state index contributed by atoms with van der Waals surface area (Å²) < 4.78 is 0. The van der Waals surface area contributed by atoms with Crippen molar-refractivity contribution < 1.29 is 4.79 Å². The summed E-state index contributed by atoms with van der Waals surface area (Å²) in [5, 5.41) is 0. The average molecular weight is 235 g/mol. The summed E-state index contributed by atoms with van der Waals surface area (Å²) in [6.45, 7) is 2.26. The average Bonchev–Trinajstić information content (AvgIpc) is 2.28. The van der Waals surface area contributed by atoms with E-state index in [0.717, 1.165) is 19.3 Å². The van der Waals surface area contributed by atoms with Gasteiger partial charge in [-0.05, 0) is 39.3 Å². The highest BCUT2D eigenvalue weighted by molar-refractivity contribution is 5.88. The minimum Gasteiger partial charge on any atom is -0.298 e. The Labute approximate surface area is 106 Å². The minimum absolute atomic E-state index is 0.216. The molecule has 96 valence electrons. The Morgan fingerprint density at radius 3 is 2.76 bits per heavy atom. The number of hydrogen-bond donors (Lipinski definition) is 0. The summed E-state index contributed by atoms with van der Waals surface area (Å²) in [7, 11) is 4.08. The number of ketones is 1. The molecule has 0 aromatic carbocycles. The van der Waals surface area contributed by atoms with Gasteiger partial charge in [0.25, 0.3) is 0 Å². The van der Waals surface area contributed by atoms with Gasteiger partial charge in [-0.1, -0.05) is 19.8 Å². The summed E-state index contributed by atoms with van der Waals surface area (Å²) in [6.07, 6.45) is 11.9. The molecule has 1 aliphatic carbocycles. The van der Waals surface area contributed by atoms with E-state index in [9.17, 15) is 4.79 Å². The highest BCUT2D eigenvalue weighted by Crippen LogP contribution is 2.37. The molecular weight excluding hydrogens is 210 g/mol. The lowest BCUT2D eigenvalue weighted by Crippen LogP contribution is -2.53. The molecule has 2 atom stereocenters. The predicted octanol–water partition coefficient (Wildman–Crippen LogP) is 2.87. The molecule has 0 aromatic rings. The number of carbonyl (C=O) groups is 1. The first-order valence-corrected chi connectivity index (χ1v) is 6.67. The molecular formula is C15H25NO. The fraction of sp³-hybridized carbons (Fsp3) is 0.800. The maximum atomic E-state index is 12.5. The molecule has 17 heavy (non-hydrogen) atoms. The van der Waals surface area contributed by atoms with Crippen molar-refractivity contribution in [1.82, 2.24) is 4.90 Å². The lowest BCUT2D eigenvalue weighted by Gasteiger charge is -2.44. The highest BCUT2D eigenvalue weighted by atomic mass is 16.1. The van der Waals surface area contributed by atoms with Crippen molar-refractivity contribution in [2.45, 2.75) is 57.4 Å². The molecule has 2 heteroatoms. The number of hydrogen-bond acceptors (Lipinski definition) is 2. The van der Waals surface area contributed by atoms with Crippen LogP contribution in [0.5, 0.6) is 0 Å². The van der Waals surface area contributed by atoms with E-state index in [0.29, 0.717) is 24.5 Å². The number of rotatable bonds is 5. The second kappa shape index (κ2) is 6.21. The van der Waals surface area contributed by atoms with Gasteiger partial charge in [-0.3, -0.25) is 9.69 Å². The van der Waals surface area contributed by atoms with Crippen molar-refractivity contribution in [1.29, 1.82) is 0 Å². The van der Waals surface area contributed by atoms with Crippen molar-refractivity contribution in [3.05, 3.63) is 0 Å². The Morgan fingerprint density at radius 1 is 1.53 bits per heavy atom. The molecule has 0 saturated heterocycles. The van der Waals surface area contributed by atoms with Crippen LogP contribution in [0, 0.1) is 18.3 Å². The monoisotopic (exact) mass is 235 g/mol. The van der Waals surface area contributed by atoms with E-state index in [1.165, 1.54) is 12.8 Å². The summed E-state index contributed by atoms with van der Waals surface area (Å²) in [6, 6.07) is 0. The van der Waals surface area contributed by atoms with Crippen LogP contribution >= 0.6 is 0 Å². The maximum absolute atomic E-state index is 12.5. The SMILES string of the molecule is C#CCCCC(=O)C1(N(C)C)CCCC(C)C1. The molecule has 0 heterocycles. The van der Waals surface area contributed by atoms with Gasteiger partial charge in [0, 0.05) is 12.8 Å². The topological polar surface area (TPSA) is 20.3 Å². The molecule has 0 aromatic heterocycles. The highest BCUT2D eigenvalue weighted by Gasteiger charge is 2.42. The lowest BCUT2D eigenvalue weighted by molar-refractivity contribution is -0.132. The van der Waals surface area contributed by atoms with E-state index in [1.54, 1.807) is 0 Å². The minimum atomic E-state index is -0.216. The van der Waals surface area contributed by atoms with Gasteiger partial charge in [-0.25, -0.2) is 0 Å². The van der Waals surface area contributed by atoms with Gasteiger partial charge in [0.2, 0.25) is 0 Å². The third kappa shape index (κ3) is 3.33. The van der Waals surface area contributed by atoms with Crippen LogP contribution in [-0.2, 0) is 4.79 Å². The molecule has 0 N–H and O–H groups in total. The van der Waals surface area contributed by atoms with Crippen LogP contribution in [0.3, 0.4) is 0 Å². The normalized spacial score (nSPS) is 29.0. The van der Waals surface area contributed by atoms with E-state index in [2.05, 4.69) is 17.7 Å². The van der Waals surface area contributed by atoms with Gasteiger partial charge in [-0.15, -0.1) is 12.3 Å². The standard InChI is InChI=1S/C15H25NO/c1-5-6-7-10-14(17)15(16(3)4)11-8-9-13(2)12-15/h1,13H,6-12H2,2-4H3. The van der Waals surface area contributed by atoms with Crippen LogP contribution < -0.4 is 0 Å². The van der Waals surface area contributed by atoms with Gasteiger partial charge < -0.3 is 0 Å². The van der Waals surface area contributed by atoms with Crippen LogP contribution in [0.1, 0.15) is 51.9 Å². The van der Waals surface area contributed by atoms with E-state index in [4.69, 9.17) is 6.42 Å². The second-order valence-corrected chi connectivity index (χ2v) is 5.61. The van der Waals surface area contributed by atoms with Crippen LogP contribution in [-0.4, -0.2) is 30.3 Å². The summed E-state index contributed by atoms with van der Waals surface area (Å²) in [5.74, 6) is 3.66. The third-order valence-corrected chi connectivity index (χ3v) is 4.07. The molecule has 1 rings (SSSR count). The Hall–Kier alpha value is -0.810. The summed E-state index contributed by atoms with van der Waals surface area (Å²) in [4.78, 5) is 14.6. The Balaban J connectivity index is 2.70. The zero-order valence-corrected chi connectivity index (χ0v) is 11.5. The van der Waals surface area contributed by atoms with Crippen LogP contribution in [0.15, 0.2) is 0 Å². The maximum Gasteiger partial charge on any atom is 0.153 e. The smallest absolute Gasteiger partial charge is 0.153 e. The second-order valence-electron chi connectivity index (χ2n) is 5.61. The molecule has 0 spiro atoms. The zero-order chi connectivity index (χ0) is 12.9. The Kier molecular flexibility index (Phi) is 5.21. The fourth-order valence-corrected chi connectivity index (χ4v) is 3.02. The molecule has 1 saturated carbocycles. The summed E-state index contributed by atoms with van der Waals surface area (Å²) >= 11 is 0. The zero-order valence-electron chi connectivity index (χ0n) is 11.5. The number of terminal acetylenes is 1. The van der Waals surface area contributed by atoms with E-state index in [-0.39, 0.29) is 5.54 Å². The first-order chi connectivity index (χ1) is 8.03. The number of carbonyl (C=O) groups excluding carboxylic acids is 1. The number of nitrogens with zero attached hydrogens (tertiary/aromatic N) is 1. The molecule has 2 unspecified atom stereocenters. The van der Waals surface area contributed by atoms with Gasteiger partial charge in [-0.2, -0.15) is 0 Å². The van der Waals surface area contributed by atoms with Crippen molar-refractivity contribution in [3.63, 3.8) is 0 Å². The van der Waals surface area contributed by atoms with Crippen LogP contribution in [0.4, 0.5) is 0 Å². The molecule has 1 fully saturated rings. The first-order valence-electron chi connectivity index (χ1n) is 6.67. The third-order valence-electron chi connectivity index (χ3n) is 4.07. The van der Waals surface area contributed by atoms with Gasteiger partial charge in [0.15, 0.2) is 5.78 Å². The molecule has 0 bridgehead atoms.